The van der Waals surface area contributed by atoms with Crippen LogP contribution in [0.5, 0.6) is 11.5 Å². The molecule has 1 saturated heterocycles. The van der Waals surface area contributed by atoms with Crippen molar-refractivity contribution in [1.29, 1.82) is 0 Å². The van der Waals surface area contributed by atoms with Crippen molar-refractivity contribution in [1.82, 2.24) is 9.80 Å². The quantitative estimate of drug-likeness (QED) is 0.767. The minimum absolute atomic E-state index is 0.0644. The lowest BCUT2D eigenvalue weighted by molar-refractivity contribution is -0.143. The number of carbonyl (C=O) groups is 2. The van der Waals surface area contributed by atoms with E-state index in [1.807, 2.05) is 25.1 Å². The number of nitrogens with zero attached hydrogens (tertiary/aromatic N) is 2. The summed E-state index contributed by atoms with van der Waals surface area (Å²) < 4.78 is 10.5. The van der Waals surface area contributed by atoms with Gasteiger partial charge < -0.3 is 19.5 Å². The number of hydrogen-bond donors (Lipinski definition) is 1. The van der Waals surface area contributed by atoms with Crippen molar-refractivity contribution in [3.8, 4) is 11.5 Å². The van der Waals surface area contributed by atoms with Crippen LogP contribution < -0.4 is 9.47 Å². The molecule has 0 aromatic heterocycles. The Labute approximate surface area is 148 Å². The average molecular weight is 350 g/mol. The molecule has 1 fully saturated rings. The Morgan fingerprint density at radius 3 is 2.60 bits per heavy atom. The summed E-state index contributed by atoms with van der Waals surface area (Å²) in [5, 5.41) is 9.24. The zero-order chi connectivity index (χ0) is 18.4. The molecule has 1 amide bonds. The molecule has 1 N–H and O–H groups in total. The molecule has 1 heterocycles. The highest BCUT2D eigenvalue weighted by Gasteiger charge is 2.32. The van der Waals surface area contributed by atoms with Gasteiger partial charge in [-0.2, -0.15) is 0 Å². The molecule has 1 aliphatic heterocycles. The Kier molecular flexibility index (Phi) is 6.64. The highest BCUT2D eigenvalue weighted by Crippen LogP contribution is 2.28. The molecule has 138 valence electrons. The van der Waals surface area contributed by atoms with E-state index in [0.29, 0.717) is 37.6 Å². The third-order valence-corrected chi connectivity index (χ3v) is 4.54. The Morgan fingerprint density at radius 2 is 2.00 bits per heavy atom. The van der Waals surface area contributed by atoms with Gasteiger partial charge in [0.15, 0.2) is 11.5 Å². The van der Waals surface area contributed by atoms with Gasteiger partial charge in [0.05, 0.1) is 20.8 Å². The zero-order valence-corrected chi connectivity index (χ0v) is 15.0. The van der Waals surface area contributed by atoms with Gasteiger partial charge in [0.25, 0.3) is 0 Å². The monoisotopic (exact) mass is 350 g/mol. The lowest BCUT2D eigenvalue weighted by Gasteiger charge is -2.26. The number of rotatable bonds is 8. The van der Waals surface area contributed by atoms with Gasteiger partial charge in [0.1, 0.15) is 6.04 Å². The molecule has 1 atom stereocenters. The molecular weight excluding hydrogens is 324 g/mol. The third kappa shape index (κ3) is 4.63. The number of hydrogen-bond acceptors (Lipinski definition) is 5. The highest BCUT2D eigenvalue weighted by molar-refractivity contribution is 5.80. The number of carboxylic acids is 1. The molecule has 0 saturated carbocycles. The minimum atomic E-state index is -0.853. The van der Waals surface area contributed by atoms with Crippen molar-refractivity contribution in [3.05, 3.63) is 23.8 Å². The van der Waals surface area contributed by atoms with Gasteiger partial charge in [-0.05, 0) is 44.0 Å². The molecule has 25 heavy (non-hydrogen) atoms. The van der Waals surface area contributed by atoms with Gasteiger partial charge >= 0.3 is 5.97 Å². The van der Waals surface area contributed by atoms with Crippen LogP contribution in [0.4, 0.5) is 0 Å². The number of likely N-dealkylation sites (tertiary alicyclic amines) is 1. The van der Waals surface area contributed by atoms with Crippen molar-refractivity contribution in [2.75, 3.05) is 33.9 Å². The fraction of sp³-hybridized carbons (Fsp3) is 0.556. The van der Waals surface area contributed by atoms with E-state index in [4.69, 9.17) is 9.47 Å². The van der Waals surface area contributed by atoms with Gasteiger partial charge in [-0.25, -0.2) is 0 Å². The van der Waals surface area contributed by atoms with Crippen molar-refractivity contribution in [3.63, 3.8) is 0 Å². The van der Waals surface area contributed by atoms with Gasteiger partial charge in [-0.1, -0.05) is 6.07 Å². The number of methoxy groups -OCH3 is 2. The summed E-state index contributed by atoms with van der Waals surface area (Å²) in [5.74, 6) is 0.342. The van der Waals surface area contributed by atoms with Crippen LogP contribution >= 0.6 is 0 Å². The van der Waals surface area contributed by atoms with Crippen molar-refractivity contribution in [2.24, 2.45) is 0 Å². The molecule has 1 aromatic rings. The van der Waals surface area contributed by atoms with Crippen LogP contribution in [-0.2, 0) is 16.1 Å². The van der Waals surface area contributed by atoms with Gasteiger partial charge in [-0.3, -0.25) is 14.5 Å². The van der Waals surface area contributed by atoms with E-state index >= 15 is 0 Å². The zero-order valence-electron chi connectivity index (χ0n) is 15.0. The molecule has 0 spiro atoms. The summed E-state index contributed by atoms with van der Waals surface area (Å²) >= 11 is 0. The van der Waals surface area contributed by atoms with E-state index in [1.54, 1.807) is 24.0 Å². The largest absolute Gasteiger partial charge is 0.493 e. The maximum atomic E-state index is 12.6. The predicted octanol–water partition coefficient (Wildman–Crippen LogP) is 1.60. The fourth-order valence-electron chi connectivity index (χ4n) is 3.14. The number of ether oxygens (including phenoxy) is 2. The number of aliphatic carboxylic acids is 1. The second-order valence-corrected chi connectivity index (χ2v) is 6.06. The Bertz CT molecular complexity index is 619. The summed E-state index contributed by atoms with van der Waals surface area (Å²) in [6, 6.07) is 5.01. The van der Waals surface area contributed by atoms with Gasteiger partial charge in [0, 0.05) is 13.1 Å². The third-order valence-electron chi connectivity index (χ3n) is 4.54. The summed E-state index contributed by atoms with van der Waals surface area (Å²) in [6.45, 7) is 3.70. The van der Waals surface area contributed by atoms with E-state index in [-0.39, 0.29) is 12.5 Å². The first-order valence-corrected chi connectivity index (χ1v) is 8.45. The van der Waals surface area contributed by atoms with Gasteiger partial charge in [-0.15, -0.1) is 0 Å². The van der Waals surface area contributed by atoms with Crippen LogP contribution in [0.2, 0.25) is 0 Å². The molecule has 0 aliphatic carbocycles. The summed E-state index contributed by atoms with van der Waals surface area (Å²) in [5.41, 5.74) is 0.934. The lowest BCUT2D eigenvalue weighted by atomic mass is 10.2. The summed E-state index contributed by atoms with van der Waals surface area (Å²) in [4.78, 5) is 27.4. The summed E-state index contributed by atoms with van der Waals surface area (Å²) in [7, 11) is 3.15. The SMILES string of the molecule is CCN(Cc1ccc(OC)c(OC)c1)C(=O)CN1CCC[C@H]1C(=O)O. The number of likely N-dealkylation sites (N-methyl/N-ethyl adjacent to an activating group) is 1. The van der Waals surface area contributed by atoms with Gasteiger partial charge in [0.2, 0.25) is 5.91 Å². The first kappa shape index (κ1) is 19.1. The maximum absolute atomic E-state index is 12.6. The lowest BCUT2D eigenvalue weighted by Crippen LogP contribution is -2.44. The normalized spacial score (nSPS) is 17.3. The van der Waals surface area contributed by atoms with E-state index in [2.05, 4.69) is 0 Å². The van der Waals surface area contributed by atoms with E-state index in [1.165, 1.54) is 0 Å². The first-order chi connectivity index (χ1) is 12.0. The van der Waals surface area contributed by atoms with Crippen LogP contribution in [0.25, 0.3) is 0 Å². The molecule has 0 radical (unpaired) electrons. The molecule has 2 rings (SSSR count). The van der Waals surface area contributed by atoms with Crippen LogP contribution in [0, 0.1) is 0 Å². The van der Waals surface area contributed by atoms with Crippen LogP contribution in [0.15, 0.2) is 18.2 Å². The Hall–Kier alpha value is -2.28. The van der Waals surface area contributed by atoms with E-state index in [0.717, 1.165) is 12.0 Å². The Morgan fingerprint density at radius 1 is 1.28 bits per heavy atom. The summed E-state index contributed by atoms with van der Waals surface area (Å²) in [6.07, 6.45) is 1.41. The number of carbonyl (C=O) groups excluding carboxylic acids is 1. The molecule has 1 aromatic carbocycles. The maximum Gasteiger partial charge on any atom is 0.320 e. The van der Waals surface area contributed by atoms with Crippen LogP contribution in [-0.4, -0.2) is 66.7 Å². The van der Waals surface area contributed by atoms with Crippen LogP contribution in [0.1, 0.15) is 25.3 Å². The number of amides is 1. The molecule has 7 heteroatoms. The molecule has 0 bridgehead atoms. The van der Waals surface area contributed by atoms with Crippen molar-refractivity contribution in [2.45, 2.75) is 32.4 Å². The molecule has 1 aliphatic rings. The Balaban J connectivity index is 2.04. The first-order valence-electron chi connectivity index (χ1n) is 8.45. The standard InChI is InChI=1S/C18H26N2O5/c1-4-19(11-13-7-8-15(24-2)16(10-13)25-3)17(21)12-20-9-5-6-14(20)18(22)23/h7-8,10,14H,4-6,9,11-12H2,1-3H3,(H,22,23)/t14-/m0/s1. The fourth-order valence-corrected chi connectivity index (χ4v) is 3.14. The van der Waals surface area contributed by atoms with E-state index in [9.17, 15) is 14.7 Å². The topological polar surface area (TPSA) is 79.3 Å². The molecular formula is C18H26N2O5. The second kappa shape index (κ2) is 8.71. The van der Waals surface area contributed by atoms with Crippen LogP contribution in [0.3, 0.4) is 0 Å². The number of carboxylic acid groups (broad SMARTS) is 1. The molecule has 0 unspecified atom stereocenters. The molecule has 7 nitrogen and oxygen atoms in total. The smallest absolute Gasteiger partial charge is 0.320 e. The second-order valence-electron chi connectivity index (χ2n) is 6.06. The highest BCUT2D eigenvalue weighted by atomic mass is 16.5. The number of benzene rings is 1. The predicted molar refractivity (Wildman–Crippen MR) is 92.9 cm³/mol. The van der Waals surface area contributed by atoms with Crippen molar-refractivity contribution >= 4 is 11.9 Å². The van der Waals surface area contributed by atoms with Crippen molar-refractivity contribution < 1.29 is 24.2 Å². The minimum Gasteiger partial charge on any atom is -0.493 e. The van der Waals surface area contributed by atoms with E-state index < -0.39 is 12.0 Å². The average Bonchev–Trinajstić information content (AvgIpc) is 3.07.